The highest BCUT2D eigenvalue weighted by Crippen LogP contribution is 2.23. The summed E-state index contributed by atoms with van der Waals surface area (Å²) in [6.07, 6.45) is 4.47. The molecule has 0 radical (unpaired) electrons. The SMILES string of the molecule is CN=C(NCc1ccccn1)NCC(C)(C)N1CCCC(C)C1.I. The van der Waals surface area contributed by atoms with Crippen LogP contribution in [0.5, 0.6) is 0 Å². The maximum absolute atomic E-state index is 4.32. The first-order chi connectivity index (χ1) is 11.0. The molecule has 1 saturated heterocycles. The Labute approximate surface area is 163 Å². The van der Waals surface area contributed by atoms with E-state index in [0.717, 1.165) is 24.1 Å². The maximum atomic E-state index is 4.32. The Bertz CT molecular complexity index is 503. The number of aromatic nitrogens is 1. The highest BCUT2D eigenvalue weighted by atomic mass is 127. The smallest absolute Gasteiger partial charge is 0.191 e. The molecule has 1 aliphatic rings. The Morgan fingerprint density at radius 1 is 1.38 bits per heavy atom. The minimum absolute atomic E-state index is 0. The topological polar surface area (TPSA) is 52.6 Å². The number of nitrogens with one attached hydrogen (secondary N) is 2. The first-order valence-corrected chi connectivity index (χ1v) is 8.61. The van der Waals surface area contributed by atoms with Gasteiger partial charge in [-0.2, -0.15) is 0 Å². The predicted molar refractivity (Wildman–Crippen MR) is 112 cm³/mol. The molecule has 0 bridgehead atoms. The summed E-state index contributed by atoms with van der Waals surface area (Å²) in [4.78, 5) is 11.2. The van der Waals surface area contributed by atoms with Gasteiger partial charge in [-0.25, -0.2) is 0 Å². The number of piperidine rings is 1. The third-order valence-corrected chi connectivity index (χ3v) is 4.59. The van der Waals surface area contributed by atoms with Gasteiger partial charge >= 0.3 is 0 Å². The van der Waals surface area contributed by atoms with Crippen LogP contribution < -0.4 is 10.6 Å². The molecule has 0 aliphatic carbocycles. The number of aliphatic imine (C=N–C) groups is 1. The van der Waals surface area contributed by atoms with Crippen LogP contribution in [0.2, 0.25) is 0 Å². The Balaban J connectivity index is 0.00000288. The van der Waals surface area contributed by atoms with Gasteiger partial charge in [0.1, 0.15) is 0 Å². The molecule has 2 rings (SSSR count). The molecule has 1 aromatic heterocycles. The minimum Gasteiger partial charge on any atom is -0.355 e. The molecular formula is C18H32IN5. The number of rotatable bonds is 5. The van der Waals surface area contributed by atoms with Crippen LogP contribution in [0.25, 0.3) is 0 Å². The van der Waals surface area contributed by atoms with E-state index in [0.29, 0.717) is 6.54 Å². The van der Waals surface area contributed by atoms with Crippen molar-refractivity contribution in [1.29, 1.82) is 0 Å². The summed E-state index contributed by atoms with van der Waals surface area (Å²) in [6.45, 7) is 10.9. The lowest BCUT2D eigenvalue weighted by molar-refractivity contribution is 0.0739. The Morgan fingerprint density at radius 2 is 2.17 bits per heavy atom. The van der Waals surface area contributed by atoms with Gasteiger partial charge in [0.15, 0.2) is 5.96 Å². The number of halogens is 1. The van der Waals surface area contributed by atoms with E-state index in [1.165, 1.54) is 25.9 Å². The fraction of sp³-hybridized carbons (Fsp3) is 0.667. The first-order valence-electron chi connectivity index (χ1n) is 8.61. The fourth-order valence-corrected chi connectivity index (χ4v) is 3.05. The first kappa shape index (κ1) is 21.2. The van der Waals surface area contributed by atoms with E-state index in [1.54, 1.807) is 0 Å². The van der Waals surface area contributed by atoms with E-state index in [4.69, 9.17) is 0 Å². The van der Waals surface area contributed by atoms with Crippen LogP contribution in [0, 0.1) is 5.92 Å². The van der Waals surface area contributed by atoms with Gasteiger partial charge in [-0.15, -0.1) is 24.0 Å². The van der Waals surface area contributed by atoms with Crippen LogP contribution in [0.1, 0.15) is 39.3 Å². The molecule has 0 amide bonds. The monoisotopic (exact) mass is 445 g/mol. The van der Waals surface area contributed by atoms with Gasteiger partial charge in [-0.05, 0) is 51.3 Å². The molecule has 1 unspecified atom stereocenters. The molecule has 6 heteroatoms. The second kappa shape index (κ2) is 10.2. The molecule has 2 heterocycles. The van der Waals surface area contributed by atoms with E-state index >= 15 is 0 Å². The minimum atomic E-state index is 0. The lowest BCUT2D eigenvalue weighted by atomic mass is 9.93. The molecule has 1 aliphatic heterocycles. The van der Waals surface area contributed by atoms with Crippen LogP contribution in [0.3, 0.4) is 0 Å². The fourth-order valence-electron chi connectivity index (χ4n) is 3.05. The third kappa shape index (κ3) is 6.55. The number of hydrogen-bond acceptors (Lipinski definition) is 3. The molecule has 1 atom stereocenters. The largest absolute Gasteiger partial charge is 0.355 e. The summed E-state index contributed by atoms with van der Waals surface area (Å²) >= 11 is 0. The maximum Gasteiger partial charge on any atom is 0.191 e. The van der Waals surface area contributed by atoms with Crippen molar-refractivity contribution in [2.24, 2.45) is 10.9 Å². The second-order valence-corrected chi connectivity index (χ2v) is 7.11. The molecule has 0 saturated carbocycles. The van der Waals surface area contributed by atoms with Crippen LogP contribution in [0.15, 0.2) is 29.4 Å². The number of pyridine rings is 1. The molecule has 1 fully saturated rings. The van der Waals surface area contributed by atoms with Gasteiger partial charge in [0.2, 0.25) is 0 Å². The summed E-state index contributed by atoms with van der Waals surface area (Å²) in [7, 11) is 1.81. The quantitative estimate of drug-likeness (QED) is 0.416. The molecule has 24 heavy (non-hydrogen) atoms. The lowest BCUT2D eigenvalue weighted by Crippen LogP contribution is -2.55. The van der Waals surface area contributed by atoms with Crippen molar-refractivity contribution in [3.63, 3.8) is 0 Å². The van der Waals surface area contributed by atoms with Crippen molar-refractivity contribution < 1.29 is 0 Å². The summed E-state index contributed by atoms with van der Waals surface area (Å²) in [5.41, 5.74) is 1.14. The zero-order valence-corrected chi connectivity index (χ0v) is 17.7. The Morgan fingerprint density at radius 3 is 2.79 bits per heavy atom. The molecular weight excluding hydrogens is 413 g/mol. The van der Waals surface area contributed by atoms with Gasteiger partial charge in [-0.3, -0.25) is 14.9 Å². The van der Waals surface area contributed by atoms with E-state index < -0.39 is 0 Å². The molecule has 5 nitrogen and oxygen atoms in total. The Kier molecular flexibility index (Phi) is 8.97. The number of likely N-dealkylation sites (tertiary alicyclic amines) is 1. The molecule has 136 valence electrons. The molecule has 1 aromatic rings. The summed E-state index contributed by atoms with van der Waals surface area (Å²) in [5.74, 6) is 1.62. The summed E-state index contributed by atoms with van der Waals surface area (Å²) < 4.78 is 0. The van der Waals surface area contributed by atoms with Crippen LogP contribution in [0.4, 0.5) is 0 Å². The second-order valence-electron chi connectivity index (χ2n) is 7.11. The van der Waals surface area contributed by atoms with Crippen molar-refractivity contribution in [2.45, 2.75) is 45.7 Å². The van der Waals surface area contributed by atoms with Gasteiger partial charge in [-0.1, -0.05) is 13.0 Å². The van der Waals surface area contributed by atoms with Crippen molar-refractivity contribution in [1.82, 2.24) is 20.5 Å². The van der Waals surface area contributed by atoms with E-state index in [-0.39, 0.29) is 29.5 Å². The highest BCUT2D eigenvalue weighted by Gasteiger charge is 2.30. The highest BCUT2D eigenvalue weighted by molar-refractivity contribution is 14.0. The van der Waals surface area contributed by atoms with Crippen molar-refractivity contribution in [3.8, 4) is 0 Å². The predicted octanol–water partition coefficient (Wildman–Crippen LogP) is 2.88. The van der Waals surface area contributed by atoms with Crippen LogP contribution in [-0.4, -0.2) is 48.1 Å². The third-order valence-electron chi connectivity index (χ3n) is 4.59. The molecule has 0 spiro atoms. The van der Waals surface area contributed by atoms with Crippen molar-refractivity contribution >= 4 is 29.9 Å². The van der Waals surface area contributed by atoms with Crippen molar-refractivity contribution in [2.75, 3.05) is 26.7 Å². The average Bonchev–Trinajstić information content (AvgIpc) is 2.56. The number of nitrogens with zero attached hydrogens (tertiary/aromatic N) is 3. The number of hydrogen-bond donors (Lipinski definition) is 2. The van der Waals surface area contributed by atoms with E-state index in [2.05, 4.69) is 46.3 Å². The van der Waals surface area contributed by atoms with Crippen LogP contribution in [-0.2, 0) is 6.54 Å². The average molecular weight is 445 g/mol. The van der Waals surface area contributed by atoms with E-state index in [9.17, 15) is 0 Å². The summed E-state index contributed by atoms with van der Waals surface area (Å²) in [5, 5.41) is 6.79. The normalized spacial score (nSPS) is 19.5. The summed E-state index contributed by atoms with van der Waals surface area (Å²) in [6, 6.07) is 5.94. The zero-order valence-electron chi connectivity index (χ0n) is 15.4. The molecule has 2 N–H and O–H groups in total. The van der Waals surface area contributed by atoms with Gasteiger partial charge in [0.05, 0.1) is 12.2 Å². The van der Waals surface area contributed by atoms with Crippen molar-refractivity contribution in [3.05, 3.63) is 30.1 Å². The van der Waals surface area contributed by atoms with Crippen LogP contribution >= 0.6 is 24.0 Å². The van der Waals surface area contributed by atoms with Gasteiger partial charge in [0.25, 0.3) is 0 Å². The zero-order chi connectivity index (χ0) is 16.7. The van der Waals surface area contributed by atoms with Gasteiger partial charge in [0, 0.05) is 31.9 Å². The molecule has 0 aromatic carbocycles. The standard InChI is InChI=1S/C18H31N5.HI/c1-15-8-7-11-23(13-15)18(2,3)14-22-17(19-4)21-12-16-9-5-6-10-20-16;/h5-6,9-10,15H,7-8,11-14H2,1-4H3,(H2,19,21,22);1H. The van der Waals surface area contributed by atoms with Gasteiger partial charge < -0.3 is 10.6 Å². The van der Waals surface area contributed by atoms with E-state index in [1.807, 2.05) is 31.4 Å². The Hall–Kier alpha value is -0.890. The number of guanidine groups is 1. The lowest BCUT2D eigenvalue weighted by Gasteiger charge is -2.43.